The Labute approximate surface area is 112 Å². The summed E-state index contributed by atoms with van der Waals surface area (Å²) in [5, 5.41) is 1.09. The lowest BCUT2D eigenvalue weighted by atomic mass is 10.2. The van der Waals surface area contributed by atoms with Gasteiger partial charge in [-0.1, -0.05) is 28.4 Å². The number of halogens is 1. The minimum atomic E-state index is 0.658. The van der Waals surface area contributed by atoms with E-state index in [-0.39, 0.29) is 0 Å². The number of ether oxygens (including phenoxy) is 1. The molecule has 0 saturated carbocycles. The van der Waals surface area contributed by atoms with Crippen LogP contribution < -0.4 is 9.64 Å². The van der Waals surface area contributed by atoms with Crippen molar-refractivity contribution in [2.24, 2.45) is 0 Å². The van der Waals surface area contributed by atoms with Crippen molar-refractivity contribution in [1.29, 1.82) is 0 Å². The lowest BCUT2D eigenvalue weighted by Gasteiger charge is -2.18. The first-order valence-electron chi connectivity index (χ1n) is 6.15. The molecule has 0 amide bonds. The van der Waals surface area contributed by atoms with Crippen LogP contribution >= 0.6 is 15.9 Å². The van der Waals surface area contributed by atoms with E-state index in [0.29, 0.717) is 12.5 Å². The number of alkyl halides is 1. The molecular formula is C13H21BrN2O. The second-order valence-corrected chi connectivity index (χ2v) is 4.73. The predicted molar refractivity (Wildman–Crippen MR) is 76.3 cm³/mol. The van der Waals surface area contributed by atoms with Gasteiger partial charge < -0.3 is 9.64 Å². The van der Waals surface area contributed by atoms with Crippen molar-refractivity contribution < 1.29 is 4.74 Å². The first-order valence-corrected chi connectivity index (χ1v) is 7.27. The third-order valence-corrected chi connectivity index (χ3v) is 3.08. The fourth-order valence-corrected chi connectivity index (χ4v) is 1.98. The number of aromatic nitrogens is 1. The minimum Gasteiger partial charge on any atom is -0.478 e. The monoisotopic (exact) mass is 300 g/mol. The second kappa shape index (κ2) is 8.34. The molecule has 4 heteroatoms. The number of anilines is 1. The van der Waals surface area contributed by atoms with E-state index in [9.17, 15) is 0 Å². The van der Waals surface area contributed by atoms with Crippen LogP contribution in [0.25, 0.3) is 0 Å². The van der Waals surface area contributed by atoms with E-state index in [4.69, 9.17) is 4.74 Å². The van der Waals surface area contributed by atoms with E-state index >= 15 is 0 Å². The summed E-state index contributed by atoms with van der Waals surface area (Å²) in [5.74, 6) is 1.69. The number of pyridine rings is 1. The Morgan fingerprint density at radius 3 is 2.82 bits per heavy atom. The van der Waals surface area contributed by atoms with E-state index in [1.54, 1.807) is 0 Å². The summed E-state index contributed by atoms with van der Waals surface area (Å²) in [6, 6.07) is 5.90. The standard InChI is InChI=1S/C13H21BrN2O/c1-3-17-13-9-7-8-12(15-13)16(2)11-6-4-5-10-14/h7-9H,3-6,10-11H2,1-2H3. The van der Waals surface area contributed by atoms with Crippen molar-refractivity contribution in [2.75, 3.05) is 30.4 Å². The molecule has 0 unspecified atom stereocenters. The Kier molecular flexibility index (Phi) is 7.01. The van der Waals surface area contributed by atoms with Crippen molar-refractivity contribution in [1.82, 2.24) is 4.98 Å². The first kappa shape index (κ1) is 14.3. The molecule has 96 valence electrons. The number of unbranched alkanes of at least 4 members (excludes halogenated alkanes) is 2. The molecule has 0 aliphatic rings. The molecule has 0 saturated heterocycles. The molecule has 0 radical (unpaired) electrons. The van der Waals surface area contributed by atoms with Gasteiger partial charge in [-0.2, -0.15) is 4.98 Å². The molecule has 1 aromatic rings. The fraction of sp³-hybridized carbons (Fsp3) is 0.615. The van der Waals surface area contributed by atoms with E-state index in [1.807, 2.05) is 25.1 Å². The number of hydrogen-bond acceptors (Lipinski definition) is 3. The maximum Gasteiger partial charge on any atom is 0.215 e. The molecule has 0 aliphatic heterocycles. The molecule has 17 heavy (non-hydrogen) atoms. The zero-order valence-electron chi connectivity index (χ0n) is 10.7. The van der Waals surface area contributed by atoms with Gasteiger partial charge in [-0.15, -0.1) is 0 Å². The molecule has 0 aromatic carbocycles. The van der Waals surface area contributed by atoms with Crippen molar-refractivity contribution in [3.8, 4) is 5.88 Å². The first-order chi connectivity index (χ1) is 8.27. The zero-order valence-corrected chi connectivity index (χ0v) is 12.2. The van der Waals surface area contributed by atoms with Crippen LogP contribution in [0, 0.1) is 0 Å². The minimum absolute atomic E-state index is 0.658. The van der Waals surface area contributed by atoms with Gasteiger partial charge in [0.05, 0.1) is 6.61 Å². The third kappa shape index (κ3) is 5.39. The maximum atomic E-state index is 5.40. The largest absolute Gasteiger partial charge is 0.478 e. The molecule has 0 fully saturated rings. The van der Waals surface area contributed by atoms with Gasteiger partial charge in [0.1, 0.15) is 5.82 Å². The van der Waals surface area contributed by atoms with Crippen molar-refractivity contribution in [3.63, 3.8) is 0 Å². The van der Waals surface area contributed by atoms with Gasteiger partial charge in [0.2, 0.25) is 5.88 Å². The highest BCUT2D eigenvalue weighted by Crippen LogP contribution is 2.15. The maximum absolute atomic E-state index is 5.40. The van der Waals surface area contributed by atoms with Gasteiger partial charge in [0, 0.05) is 25.0 Å². The lowest BCUT2D eigenvalue weighted by Crippen LogP contribution is -2.19. The summed E-state index contributed by atoms with van der Waals surface area (Å²) < 4.78 is 5.40. The zero-order chi connectivity index (χ0) is 12.5. The molecule has 3 nitrogen and oxygen atoms in total. The number of rotatable bonds is 8. The summed E-state index contributed by atoms with van der Waals surface area (Å²) in [5.41, 5.74) is 0. The Hall–Kier alpha value is -0.770. The van der Waals surface area contributed by atoms with Crippen molar-refractivity contribution in [3.05, 3.63) is 18.2 Å². The smallest absolute Gasteiger partial charge is 0.215 e. The van der Waals surface area contributed by atoms with Crippen LogP contribution in [0.15, 0.2) is 18.2 Å². The summed E-state index contributed by atoms with van der Waals surface area (Å²) >= 11 is 3.45. The molecule has 0 bridgehead atoms. The van der Waals surface area contributed by atoms with Gasteiger partial charge in [-0.25, -0.2) is 0 Å². The Morgan fingerprint density at radius 2 is 2.12 bits per heavy atom. The highest BCUT2D eigenvalue weighted by atomic mass is 79.9. The highest BCUT2D eigenvalue weighted by molar-refractivity contribution is 9.09. The fourth-order valence-electron chi connectivity index (χ4n) is 1.58. The molecule has 0 aliphatic carbocycles. The topological polar surface area (TPSA) is 25.4 Å². The molecule has 0 atom stereocenters. The highest BCUT2D eigenvalue weighted by Gasteiger charge is 2.03. The summed E-state index contributed by atoms with van der Waals surface area (Å²) in [6.45, 7) is 3.67. The molecule has 0 N–H and O–H groups in total. The van der Waals surface area contributed by atoms with Gasteiger partial charge in [-0.05, 0) is 25.8 Å². The Balaban J connectivity index is 2.44. The summed E-state index contributed by atoms with van der Waals surface area (Å²) in [4.78, 5) is 6.63. The van der Waals surface area contributed by atoms with Gasteiger partial charge in [0.25, 0.3) is 0 Å². The average Bonchev–Trinajstić information content (AvgIpc) is 2.35. The SMILES string of the molecule is CCOc1cccc(N(C)CCCCCBr)n1. The van der Waals surface area contributed by atoms with E-state index in [1.165, 1.54) is 19.3 Å². The van der Waals surface area contributed by atoms with Crippen LogP contribution in [0.2, 0.25) is 0 Å². The van der Waals surface area contributed by atoms with Crippen molar-refractivity contribution >= 4 is 21.7 Å². The van der Waals surface area contributed by atoms with E-state index < -0.39 is 0 Å². The Morgan fingerprint density at radius 1 is 1.29 bits per heavy atom. The normalized spacial score (nSPS) is 10.3. The van der Waals surface area contributed by atoms with E-state index in [2.05, 4.69) is 32.9 Å². The molecule has 0 spiro atoms. The van der Waals surface area contributed by atoms with E-state index in [0.717, 1.165) is 17.7 Å². The van der Waals surface area contributed by atoms with Crippen molar-refractivity contribution in [2.45, 2.75) is 26.2 Å². The lowest BCUT2D eigenvalue weighted by molar-refractivity contribution is 0.327. The van der Waals surface area contributed by atoms with Crippen LogP contribution in [0.5, 0.6) is 5.88 Å². The van der Waals surface area contributed by atoms with Gasteiger partial charge in [-0.3, -0.25) is 0 Å². The van der Waals surface area contributed by atoms with Crippen LogP contribution in [0.3, 0.4) is 0 Å². The Bertz CT molecular complexity index is 320. The summed E-state index contributed by atoms with van der Waals surface area (Å²) in [6.07, 6.45) is 3.68. The predicted octanol–water partition coefficient (Wildman–Crippen LogP) is 3.48. The molecule has 1 aromatic heterocycles. The van der Waals surface area contributed by atoms with Gasteiger partial charge >= 0.3 is 0 Å². The second-order valence-electron chi connectivity index (χ2n) is 3.94. The summed E-state index contributed by atoms with van der Waals surface area (Å²) in [7, 11) is 2.08. The van der Waals surface area contributed by atoms with Gasteiger partial charge in [0.15, 0.2) is 0 Å². The van der Waals surface area contributed by atoms with Crippen LogP contribution in [0.4, 0.5) is 5.82 Å². The van der Waals surface area contributed by atoms with Crippen LogP contribution in [0.1, 0.15) is 26.2 Å². The van der Waals surface area contributed by atoms with Crippen LogP contribution in [-0.4, -0.2) is 30.5 Å². The molecule has 1 rings (SSSR count). The molecular weight excluding hydrogens is 280 g/mol. The quantitative estimate of drug-likeness (QED) is 0.543. The number of hydrogen-bond donors (Lipinski definition) is 0. The number of nitrogens with zero attached hydrogens (tertiary/aromatic N) is 2. The third-order valence-electron chi connectivity index (χ3n) is 2.52. The van der Waals surface area contributed by atoms with Crippen LogP contribution in [-0.2, 0) is 0 Å². The molecule has 1 heterocycles. The average molecular weight is 301 g/mol.